The summed E-state index contributed by atoms with van der Waals surface area (Å²) in [6.07, 6.45) is -1.26. The van der Waals surface area contributed by atoms with E-state index in [0.29, 0.717) is 21.9 Å². The van der Waals surface area contributed by atoms with Crippen molar-refractivity contribution < 1.29 is 19.7 Å². The van der Waals surface area contributed by atoms with Crippen molar-refractivity contribution >= 4 is 34.2 Å². The van der Waals surface area contributed by atoms with Gasteiger partial charge in [0.2, 0.25) is 0 Å². The highest BCUT2D eigenvalue weighted by Crippen LogP contribution is 2.32. The van der Waals surface area contributed by atoms with E-state index in [0.717, 1.165) is 5.56 Å². The number of fused-ring (bicyclic) bond motifs is 1. The fourth-order valence-corrected chi connectivity index (χ4v) is 3.18. The number of ether oxygens (including phenoxy) is 2. The predicted molar refractivity (Wildman–Crippen MR) is 103 cm³/mol. The highest BCUT2D eigenvalue weighted by Gasteiger charge is 2.44. The highest BCUT2D eigenvalue weighted by atomic mass is 32.1. The summed E-state index contributed by atoms with van der Waals surface area (Å²) in [5, 5.41) is 20.8. The minimum Gasteiger partial charge on any atom is -0.491 e. The normalized spacial score (nSPS) is 24.5. The van der Waals surface area contributed by atoms with Gasteiger partial charge in [0.05, 0.1) is 6.33 Å². The van der Waals surface area contributed by atoms with Crippen LogP contribution < -0.4 is 16.2 Å². The van der Waals surface area contributed by atoms with Gasteiger partial charge in [0, 0.05) is 5.56 Å². The maximum atomic E-state index is 10.4. The molecular formula is C17H18N6O4S. The smallest absolute Gasteiger partial charge is 0.167 e. The molecule has 3 aromatic rings. The first-order valence-electron chi connectivity index (χ1n) is 8.43. The number of aliphatic hydroxyl groups excluding tert-OH is 2. The molecule has 0 spiro atoms. The zero-order valence-corrected chi connectivity index (χ0v) is 15.4. The topological polar surface area (TPSA) is 155 Å². The van der Waals surface area contributed by atoms with Gasteiger partial charge in [0.15, 0.2) is 17.7 Å². The van der Waals surface area contributed by atoms with Crippen LogP contribution in [0.2, 0.25) is 0 Å². The SMILES string of the molecule is NC(=S)c1ccc(OC[C@H]2O[C@@H](n3cnc4c(N)ncnc43)[C@H](O)[C@@H]2O)cc1. The fraction of sp³-hybridized carbons (Fsp3) is 0.294. The second-order valence-corrected chi connectivity index (χ2v) is 6.77. The Kier molecular flexibility index (Phi) is 4.81. The Balaban J connectivity index is 1.48. The van der Waals surface area contributed by atoms with Gasteiger partial charge >= 0.3 is 0 Å². The molecule has 146 valence electrons. The summed E-state index contributed by atoms with van der Waals surface area (Å²) in [7, 11) is 0. The summed E-state index contributed by atoms with van der Waals surface area (Å²) in [5.74, 6) is 0.777. The zero-order chi connectivity index (χ0) is 19.8. The molecule has 1 aromatic carbocycles. The van der Waals surface area contributed by atoms with E-state index in [4.69, 9.17) is 33.2 Å². The number of thiocarbonyl (C=S) groups is 1. The molecule has 1 saturated heterocycles. The summed E-state index contributed by atoms with van der Waals surface area (Å²) in [4.78, 5) is 12.5. The molecule has 0 aliphatic carbocycles. The predicted octanol–water partition coefficient (Wildman–Crippen LogP) is -0.259. The molecule has 0 radical (unpaired) electrons. The van der Waals surface area contributed by atoms with Gasteiger partial charge in [0.25, 0.3) is 0 Å². The molecule has 28 heavy (non-hydrogen) atoms. The Labute approximate surface area is 164 Å². The number of aliphatic hydroxyl groups is 2. The minimum atomic E-state index is -1.20. The van der Waals surface area contributed by atoms with Gasteiger partial charge in [-0.25, -0.2) is 15.0 Å². The van der Waals surface area contributed by atoms with Gasteiger partial charge in [-0.2, -0.15) is 0 Å². The number of anilines is 1. The minimum absolute atomic E-state index is 0.0326. The van der Waals surface area contributed by atoms with Crippen molar-refractivity contribution in [2.24, 2.45) is 5.73 Å². The molecule has 2 aromatic heterocycles. The number of aromatic nitrogens is 4. The van der Waals surface area contributed by atoms with Crippen LogP contribution in [-0.4, -0.2) is 59.6 Å². The quantitative estimate of drug-likeness (QED) is 0.420. The van der Waals surface area contributed by atoms with Crippen LogP contribution in [0, 0.1) is 0 Å². The van der Waals surface area contributed by atoms with Crippen LogP contribution in [-0.2, 0) is 4.74 Å². The third-order valence-electron chi connectivity index (χ3n) is 4.55. The van der Waals surface area contributed by atoms with Crippen LogP contribution >= 0.6 is 12.2 Å². The van der Waals surface area contributed by atoms with Gasteiger partial charge in [-0.05, 0) is 24.3 Å². The lowest BCUT2D eigenvalue weighted by Gasteiger charge is -2.16. The molecule has 0 amide bonds. The molecule has 0 bridgehead atoms. The van der Waals surface area contributed by atoms with Crippen LogP contribution in [0.5, 0.6) is 5.75 Å². The summed E-state index contributed by atoms with van der Waals surface area (Å²) in [5.41, 5.74) is 12.9. The molecule has 4 atom stereocenters. The second kappa shape index (κ2) is 7.28. The van der Waals surface area contributed by atoms with Gasteiger partial charge in [-0.3, -0.25) is 4.57 Å². The van der Waals surface area contributed by atoms with Crippen LogP contribution in [0.3, 0.4) is 0 Å². The lowest BCUT2D eigenvalue weighted by atomic mass is 10.1. The number of rotatable bonds is 5. The van der Waals surface area contributed by atoms with E-state index in [1.807, 2.05) is 0 Å². The third-order valence-corrected chi connectivity index (χ3v) is 4.79. The zero-order valence-electron chi connectivity index (χ0n) is 14.5. The van der Waals surface area contributed by atoms with Crippen molar-refractivity contribution in [2.45, 2.75) is 24.5 Å². The Bertz CT molecular complexity index is 1010. The monoisotopic (exact) mass is 402 g/mol. The average molecular weight is 402 g/mol. The summed E-state index contributed by atoms with van der Waals surface area (Å²) < 4.78 is 13.0. The molecule has 1 fully saturated rings. The number of hydrogen-bond acceptors (Lipinski definition) is 9. The first-order valence-corrected chi connectivity index (χ1v) is 8.84. The summed E-state index contributed by atoms with van der Waals surface area (Å²) in [6.45, 7) is 0.0326. The first-order chi connectivity index (χ1) is 13.5. The Hall–Kier alpha value is -2.86. The molecule has 11 heteroatoms. The van der Waals surface area contributed by atoms with Gasteiger partial charge in [0.1, 0.15) is 47.5 Å². The number of nitrogen functional groups attached to an aromatic ring is 1. The van der Waals surface area contributed by atoms with Crippen LogP contribution in [0.4, 0.5) is 5.82 Å². The van der Waals surface area contributed by atoms with Crippen molar-refractivity contribution in [3.8, 4) is 5.75 Å². The molecule has 0 unspecified atom stereocenters. The Morgan fingerprint density at radius 3 is 2.64 bits per heavy atom. The highest BCUT2D eigenvalue weighted by molar-refractivity contribution is 7.80. The number of nitrogens with two attached hydrogens (primary N) is 2. The molecule has 1 aliphatic rings. The molecule has 6 N–H and O–H groups in total. The van der Waals surface area contributed by atoms with E-state index in [1.54, 1.807) is 24.3 Å². The molecule has 0 saturated carbocycles. The first kappa shape index (κ1) is 18.5. The molecule has 10 nitrogen and oxygen atoms in total. The molecule has 1 aliphatic heterocycles. The molecule has 4 rings (SSSR count). The van der Waals surface area contributed by atoms with E-state index >= 15 is 0 Å². The number of hydrogen-bond donors (Lipinski definition) is 4. The molecular weight excluding hydrogens is 384 g/mol. The van der Waals surface area contributed by atoms with Gasteiger partial charge in [-0.15, -0.1) is 0 Å². The Morgan fingerprint density at radius 2 is 1.93 bits per heavy atom. The Morgan fingerprint density at radius 1 is 1.18 bits per heavy atom. The van der Waals surface area contributed by atoms with Crippen LogP contribution in [0.15, 0.2) is 36.9 Å². The number of benzene rings is 1. The summed E-state index contributed by atoms with van der Waals surface area (Å²) in [6, 6.07) is 6.91. The van der Waals surface area contributed by atoms with Crippen LogP contribution in [0.25, 0.3) is 11.2 Å². The maximum absolute atomic E-state index is 10.4. The number of nitrogens with zero attached hydrogens (tertiary/aromatic N) is 4. The molecule has 3 heterocycles. The lowest BCUT2D eigenvalue weighted by Crippen LogP contribution is -2.34. The van der Waals surface area contributed by atoms with Crippen molar-refractivity contribution in [1.82, 2.24) is 19.5 Å². The van der Waals surface area contributed by atoms with Crippen LogP contribution in [0.1, 0.15) is 11.8 Å². The van der Waals surface area contributed by atoms with Crippen molar-refractivity contribution in [3.05, 3.63) is 42.5 Å². The standard InChI is InChI=1S/C17H18N6O4S/c18-14-11-16(21-6-20-14)23(7-22-11)17-13(25)12(24)10(27-17)5-26-9-3-1-8(2-4-9)15(19)28/h1-4,6-7,10,12-13,17,24-25H,5H2,(H2,19,28)(H2,18,20,21)/t10-,12-,13-,17-/m1/s1. The third kappa shape index (κ3) is 3.24. The maximum Gasteiger partial charge on any atom is 0.167 e. The van der Waals surface area contributed by atoms with Crippen molar-refractivity contribution in [3.63, 3.8) is 0 Å². The largest absolute Gasteiger partial charge is 0.491 e. The van der Waals surface area contributed by atoms with Crippen molar-refractivity contribution in [1.29, 1.82) is 0 Å². The van der Waals surface area contributed by atoms with Crippen molar-refractivity contribution in [2.75, 3.05) is 12.3 Å². The number of imidazole rings is 1. The van der Waals surface area contributed by atoms with Gasteiger partial charge < -0.3 is 31.2 Å². The van der Waals surface area contributed by atoms with E-state index in [9.17, 15) is 10.2 Å². The van der Waals surface area contributed by atoms with Gasteiger partial charge in [-0.1, -0.05) is 12.2 Å². The van der Waals surface area contributed by atoms with E-state index in [1.165, 1.54) is 17.2 Å². The summed E-state index contributed by atoms with van der Waals surface area (Å²) >= 11 is 4.91. The fourth-order valence-electron chi connectivity index (χ4n) is 3.05. The lowest BCUT2D eigenvalue weighted by molar-refractivity contribution is -0.0474. The van der Waals surface area contributed by atoms with E-state index in [2.05, 4.69) is 15.0 Å². The van der Waals surface area contributed by atoms with E-state index < -0.39 is 24.5 Å². The van der Waals surface area contributed by atoms with E-state index in [-0.39, 0.29) is 12.4 Å². The average Bonchev–Trinajstić information content (AvgIpc) is 3.23. The second-order valence-electron chi connectivity index (χ2n) is 6.33.